The monoisotopic (exact) mass is 341 g/mol. The summed E-state index contributed by atoms with van der Waals surface area (Å²) in [5, 5.41) is 21.0. The third-order valence-electron chi connectivity index (χ3n) is 2.77. The molecule has 0 aliphatic heterocycles. The molecule has 0 aliphatic rings. The SMILES string of the molecule is N#Cc1ccc(NCCOc2ccc(Br)cc2)cc1C#N. The molecule has 4 nitrogen and oxygen atoms in total. The fourth-order valence-corrected chi connectivity index (χ4v) is 2.00. The Morgan fingerprint density at radius 1 is 1.00 bits per heavy atom. The van der Waals surface area contributed by atoms with Crippen LogP contribution < -0.4 is 10.1 Å². The lowest BCUT2D eigenvalue weighted by molar-refractivity contribution is 0.333. The molecular weight excluding hydrogens is 330 g/mol. The fourth-order valence-electron chi connectivity index (χ4n) is 1.74. The first kappa shape index (κ1) is 14.9. The molecule has 0 spiro atoms. The molecule has 0 unspecified atom stereocenters. The van der Waals surface area contributed by atoms with Crippen molar-refractivity contribution in [3.63, 3.8) is 0 Å². The molecule has 2 aromatic rings. The molecule has 0 saturated heterocycles. The molecule has 2 rings (SSSR count). The van der Waals surface area contributed by atoms with Crippen molar-refractivity contribution < 1.29 is 4.74 Å². The Hall–Kier alpha value is -2.50. The van der Waals surface area contributed by atoms with Gasteiger partial charge in [-0.2, -0.15) is 10.5 Å². The number of anilines is 1. The highest BCUT2D eigenvalue weighted by atomic mass is 79.9. The van der Waals surface area contributed by atoms with Crippen molar-refractivity contribution in [2.24, 2.45) is 0 Å². The molecule has 21 heavy (non-hydrogen) atoms. The lowest BCUT2D eigenvalue weighted by atomic mass is 10.1. The number of halogens is 1. The normalized spacial score (nSPS) is 9.48. The van der Waals surface area contributed by atoms with E-state index in [2.05, 4.69) is 21.2 Å². The number of hydrogen-bond acceptors (Lipinski definition) is 4. The van der Waals surface area contributed by atoms with Crippen molar-refractivity contribution in [3.05, 3.63) is 58.1 Å². The van der Waals surface area contributed by atoms with Gasteiger partial charge in [-0.15, -0.1) is 0 Å². The van der Waals surface area contributed by atoms with Crippen LogP contribution in [0, 0.1) is 22.7 Å². The largest absolute Gasteiger partial charge is 0.492 e. The van der Waals surface area contributed by atoms with Crippen LogP contribution in [-0.2, 0) is 0 Å². The molecule has 0 aliphatic carbocycles. The van der Waals surface area contributed by atoms with E-state index in [0.717, 1.165) is 15.9 Å². The minimum Gasteiger partial charge on any atom is -0.492 e. The predicted molar refractivity (Wildman–Crippen MR) is 84.0 cm³/mol. The van der Waals surface area contributed by atoms with Crippen LogP contribution in [0.5, 0.6) is 5.75 Å². The third kappa shape index (κ3) is 4.24. The van der Waals surface area contributed by atoms with Gasteiger partial charge >= 0.3 is 0 Å². The second kappa shape index (κ2) is 7.33. The van der Waals surface area contributed by atoms with Crippen LogP contribution in [0.15, 0.2) is 46.9 Å². The Balaban J connectivity index is 1.85. The summed E-state index contributed by atoms with van der Waals surface area (Å²) < 4.78 is 6.59. The van der Waals surface area contributed by atoms with Crippen molar-refractivity contribution in [3.8, 4) is 17.9 Å². The number of nitrogens with one attached hydrogen (secondary N) is 1. The van der Waals surface area contributed by atoms with Crippen LogP contribution in [0.2, 0.25) is 0 Å². The lowest BCUT2D eigenvalue weighted by Gasteiger charge is -2.09. The van der Waals surface area contributed by atoms with E-state index < -0.39 is 0 Å². The molecule has 0 bridgehead atoms. The summed E-state index contributed by atoms with van der Waals surface area (Å²) in [4.78, 5) is 0. The average Bonchev–Trinajstić information content (AvgIpc) is 2.53. The second-order valence-electron chi connectivity index (χ2n) is 4.21. The van der Waals surface area contributed by atoms with Gasteiger partial charge in [-0.1, -0.05) is 15.9 Å². The van der Waals surface area contributed by atoms with Gasteiger partial charge in [0.15, 0.2) is 0 Å². The maximum absolute atomic E-state index is 8.96. The Morgan fingerprint density at radius 3 is 2.38 bits per heavy atom. The smallest absolute Gasteiger partial charge is 0.119 e. The number of nitriles is 2. The Kier molecular flexibility index (Phi) is 5.20. The van der Waals surface area contributed by atoms with Crippen LogP contribution in [-0.4, -0.2) is 13.2 Å². The van der Waals surface area contributed by atoms with Gasteiger partial charge < -0.3 is 10.1 Å². The van der Waals surface area contributed by atoms with Crippen molar-refractivity contribution in [2.45, 2.75) is 0 Å². The van der Waals surface area contributed by atoms with E-state index in [4.69, 9.17) is 15.3 Å². The molecule has 5 heteroatoms. The highest BCUT2D eigenvalue weighted by Gasteiger charge is 2.02. The highest BCUT2D eigenvalue weighted by molar-refractivity contribution is 9.10. The molecule has 0 heterocycles. The van der Waals surface area contributed by atoms with Gasteiger partial charge in [0.05, 0.1) is 11.1 Å². The summed E-state index contributed by atoms with van der Waals surface area (Å²) in [5.41, 5.74) is 1.55. The quantitative estimate of drug-likeness (QED) is 0.842. The van der Waals surface area contributed by atoms with Crippen molar-refractivity contribution in [2.75, 3.05) is 18.5 Å². The first-order chi connectivity index (χ1) is 10.2. The topological polar surface area (TPSA) is 68.8 Å². The Morgan fingerprint density at radius 2 is 1.71 bits per heavy atom. The molecule has 0 atom stereocenters. The molecule has 0 fully saturated rings. The van der Waals surface area contributed by atoms with Crippen LogP contribution in [0.1, 0.15) is 11.1 Å². The second-order valence-corrected chi connectivity index (χ2v) is 5.13. The fraction of sp³-hybridized carbons (Fsp3) is 0.125. The van der Waals surface area contributed by atoms with E-state index in [1.165, 1.54) is 0 Å². The summed E-state index contributed by atoms with van der Waals surface area (Å²) in [6, 6.07) is 16.7. The minimum absolute atomic E-state index is 0.372. The Labute approximate surface area is 131 Å². The molecular formula is C16H12BrN3O. The standard InChI is InChI=1S/C16H12BrN3O/c17-14-2-5-16(6-3-14)21-8-7-20-15-4-1-12(10-18)13(9-15)11-19/h1-6,9,20H,7-8H2. The Bertz CT molecular complexity index is 699. The van der Waals surface area contributed by atoms with Gasteiger partial charge in [0.1, 0.15) is 24.5 Å². The zero-order chi connectivity index (χ0) is 15.1. The zero-order valence-corrected chi connectivity index (χ0v) is 12.7. The summed E-state index contributed by atoms with van der Waals surface area (Å²) >= 11 is 3.37. The zero-order valence-electron chi connectivity index (χ0n) is 11.1. The van der Waals surface area contributed by atoms with Gasteiger partial charge in [0, 0.05) is 16.7 Å². The summed E-state index contributed by atoms with van der Waals surface area (Å²) in [6.07, 6.45) is 0. The maximum Gasteiger partial charge on any atom is 0.119 e. The van der Waals surface area contributed by atoms with Crippen LogP contribution >= 0.6 is 15.9 Å². The van der Waals surface area contributed by atoms with Crippen molar-refractivity contribution in [1.82, 2.24) is 0 Å². The predicted octanol–water partition coefficient (Wildman–Crippen LogP) is 3.68. The number of nitrogens with zero attached hydrogens (tertiary/aromatic N) is 2. The summed E-state index contributed by atoms with van der Waals surface area (Å²) in [5.74, 6) is 0.803. The maximum atomic E-state index is 8.96. The molecule has 0 saturated carbocycles. The number of hydrogen-bond donors (Lipinski definition) is 1. The van der Waals surface area contributed by atoms with E-state index in [1.807, 2.05) is 36.4 Å². The van der Waals surface area contributed by atoms with Gasteiger partial charge in [0.25, 0.3) is 0 Å². The average molecular weight is 342 g/mol. The first-order valence-electron chi connectivity index (χ1n) is 6.29. The van der Waals surface area contributed by atoms with E-state index in [1.54, 1.807) is 18.2 Å². The first-order valence-corrected chi connectivity index (χ1v) is 7.08. The molecule has 0 amide bonds. The molecule has 2 aromatic carbocycles. The van der Waals surface area contributed by atoms with E-state index in [-0.39, 0.29) is 0 Å². The van der Waals surface area contributed by atoms with Gasteiger partial charge in [-0.05, 0) is 42.5 Å². The van der Waals surface area contributed by atoms with Crippen LogP contribution in [0.3, 0.4) is 0 Å². The molecule has 104 valence electrons. The number of rotatable bonds is 5. The van der Waals surface area contributed by atoms with E-state index in [9.17, 15) is 0 Å². The number of benzene rings is 2. The van der Waals surface area contributed by atoms with Crippen molar-refractivity contribution in [1.29, 1.82) is 10.5 Å². The third-order valence-corrected chi connectivity index (χ3v) is 3.30. The highest BCUT2D eigenvalue weighted by Crippen LogP contribution is 2.16. The summed E-state index contributed by atoms with van der Waals surface area (Å²) in [7, 11) is 0. The van der Waals surface area contributed by atoms with Gasteiger partial charge in [0.2, 0.25) is 0 Å². The molecule has 1 N–H and O–H groups in total. The lowest BCUT2D eigenvalue weighted by Crippen LogP contribution is -2.11. The van der Waals surface area contributed by atoms with Gasteiger partial charge in [-0.3, -0.25) is 0 Å². The van der Waals surface area contributed by atoms with Crippen LogP contribution in [0.25, 0.3) is 0 Å². The van der Waals surface area contributed by atoms with Crippen LogP contribution in [0.4, 0.5) is 5.69 Å². The molecule has 0 aromatic heterocycles. The number of ether oxygens (including phenoxy) is 1. The van der Waals surface area contributed by atoms with Gasteiger partial charge in [-0.25, -0.2) is 0 Å². The van der Waals surface area contributed by atoms with E-state index >= 15 is 0 Å². The summed E-state index contributed by atoms with van der Waals surface area (Å²) in [6.45, 7) is 1.11. The van der Waals surface area contributed by atoms with E-state index in [0.29, 0.717) is 24.3 Å². The molecule has 0 radical (unpaired) electrons. The minimum atomic E-state index is 0.372. The van der Waals surface area contributed by atoms with Crippen molar-refractivity contribution >= 4 is 21.6 Å².